The van der Waals surface area contributed by atoms with Crippen LogP contribution in [0.15, 0.2) is 54.7 Å². The fourth-order valence-corrected chi connectivity index (χ4v) is 3.24. The van der Waals surface area contributed by atoms with Gasteiger partial charge in [-0.15, -0.1) is 0 Å². The van der Waals surface area contributed by atoms with E-state index < -0.39 is 22.2 Å². The van der Waals surface area contributed by atoms with E-state index in [9.17, 15) is 14.9 Å². The van der Waals surface area contributed by atoms with Crippen LogP contribution in [0.2, 0.25) is 0 Å². The first-order valence-electron chi connectivity index (χ1n) is 10.9. The Morgan fingerprint density at radius 3 is 2.44 bits per heavy atom. The number of pyridine rings is 1. The first-order valence-corrected chi connectivity index (χ1v) is 10.9. The molecule has 3 aromatic rings. The van der Waals surface area contributed by atoms with Gasteiger partial charge >= 0.3 is 11.8 Å². The van der Waals surface area contributed by atoms with Gasteiger partial charge in [-0.25, -0.2) is 9.78 Å². The van der Waals surface area contributed by atoms with Crippen LogP contribution in [0.3, 0.4) is 0 Å². The lowest BCUT2D eigenvalue weighted by Gasteiger charge is -2.29. The number of alkyl carbamates (subject to hydrolysis) is 1. The molecule has 0 aliphatic rings. The highest BCUT2D eigenvalue weighted by Gasteiger charge is 2.27. The Balaban J connectivity index is 1.80. The predicted octanol–water partition coefficient (Wildman–Crippen LogP) is 5.44. The van der Waals surface area contributed by atoms with Crippen molar-refractivity contribution in [1.29, 1.82) is 0 Å². The number of carbonyl (C=O) groups is 1. The van der Waals surface area contributed by atoms with Crippen LogP contribution in [0.25, 0.3) is 10.9 Å². The smallest absolute Gasteiger partial charge is 0.408 e. The molecule has 2 aromatic carbocycles. The molecule has 9 heteroatoms. The molecule has 0 fully saturated rings. The van der Waals surface area contributed by atoms with E-state index in [1.807, 2.05) is 51.1 Å². The summed E-state index contributed by atoms with van der Waals surface area (Å²) in [5, 5.41) is 18.1. The molecule has 0 aliphatic carbocycles. The van der Waals surface area contributed by atoms with Gasteiger partial charge in [0, 0.05) is 17.0 Å². The van der Waals surface area contributed by atoms with Gasteiger partial charge in [0.25, 0.3) is 0 Å². The summed E-state index contributed by atoms with van der Waals surface area (Å²) in [4.78, 5) is 27.6. The van der Waals surface area contributed by atoms with Crippen molar-refractivity contribution in [3.05, 3.63) is 70.4 Å². The average Bonchev–Trinajstić information content (AvgIpc) is 2.74. The van der Waals surface area contributed by atoms with Crippen molar-refractivity contribution in [2.24, 2.45) is 0 Å². The summed E-state index contributed by atoms with van der Waals surface area (Å²) >= 11 is 0. The summed E-state index contributed by atoms with van der Waals surface area (Å²) in [5.41, 5.74) is 0.332. The number of benzene rings is 2. The van der Waals surface area contributed by atoms with Crippen LogP contribution in [-0.2, 0) is 11.3 Å². The van der Waals surface area contributed by atoms with Gasteiger partial charge < -0.3 is 20.1 Å². The van der Waals surface area contributed by atoms with E-state index in [0.717, 1.165) is 5.56 Å². The zero-order valence-electron chi connectivity index (χ0n) is 20.0. The fourth-order valence-electron chi connectivity index (χ4n) is 3.24. The van der Waals surface area contributed by atoms with Crippen LogP contribution in [-0.4, -0.2) is 33.7 Å². The minimum absolute atomic E-state index is 0.150. The zero-order chi connectivity index (χ0) is 24.9. The van der Waals surface area contributed by atoms with E-state index in [4.69, 9.17) is 9.47 Å². The van der Waals surface area contributed by atoms with Crippen molar-refractivity contribution in [2.45, 2.75) is 52.4 Å². The third kappa shape index (κ3) is 6.81. The maximum Gasteiger partial charge on any atom is 0.408 e. The van der Waals surface area contributed by atoms with Gasteiger partial charge in [-0.2, -0.15) is 0 Å². The van der Waals surface area contributed by atoms with E-state index in [0.29, 0.717) is 28.9 Å². The SMILES string of the molecule is CC(C)(C)NC(=O)OC(C)(C)CNc1c([N+](=O)[O-])cnc2cc(OCc3ccccc3)ccc12. The number of nitrogens with zero attached hydrogens (tertiary/aromatic N) is 2. The molecule has 1 heterocycles. The number of hydrogen-bond donors (Lipinski definition) is 2. The standard InChI is InChI=1S/C25H30N4O5/c1-24(2,3)28-23(30)34-25(4,5)16-27-22-19-12-11-18(33-15-17-9-7-6-8-10-17)13-20(19)26-14-21(22)29(31)32/h6-14H,15-16H2,1-5H3,(H,26,27)(H,28,30). The topological polar surface area (TPSA) is 116 Å². The Morgan fingerprint density at radius 2 is 1.79 bits per heavy atom. The van der Waals surface area contributed by atoms with Gasteiger partial charge in [0.15, 0.2) is 0 Å². The molecule has 0 unspecified atom stereocenters. The van der Waals surface area contributed by atoms with Crippen LogP contribution in [0.1, 0.15) is 40.2 Å². The molecule has 0 saturated heterocycles. The fraction of sp³-hybridized carbons (Fsp3) is 0.360. The molecule has 2 N–H and O–H groups in total. The van der Waals surface area contributed by atoms with Crippen molar-refractivity contribution in [2.75, 3.05) is 11.9 Å². The van der Waals surface area contributed by atoms with Crippen molar-refractivity contribution < 1.29 is 19.2 Å². The van der Waals surface area contributed by atoms with Crippen LogP contribution < -0.4 is 15.4 Å². The number of amides is 1. The summed E-state index contributed by atoms with van der Waals surface area (Å²) < 4.78 is 11.4. The summed E-state index contributed by atoms with van der Waals surface area (Å²) in [5.74, 6) is 0.603. The van der Waals surface area contributed by atoms with Crippen molar-refractivity contribution >= 4 is 28.4 Å². The monoisotopic (exact) mass is 466 g/mol. The van der Waals surface area contributed by atoms with Crippen molar-refractivity contribution in [3.8, 4) is 5.75 Å². The van der Waals surface area contributed by atoms with Crippen molar-refractivity contribution in [3.63, 3.8) is 0 Å². The van der Waals surface area contributed by atoms with E-state index in [-0.39, 0.29) is 12.2 Å². The normalized spacial score (nSPS) is 11.7. The van der Waals surface area contributed by atoms with Gasteiger partial charge in [0.2, 0.25) is 0 Å². The van der Waals surface area contributed by atoms with Gasteiger partial charge in [-0.05, 0) is 52.3 Å². The molecule has 180 valence electrons. The van der Waals surface area contributed by atoms with E-state index in [1.165, 1.54) is 6.20 Å². The lowest BCUT2D eigenvalue weighted by molar-refractivity contribution is -0.384. The highest BCUT2D eigenvalue weighted by Crippen LogP contribution is 2.34. The molecule has 0 saturated carbocycles. The number of hydrogen-bond acceptors (Lipinski definition) is 7. The van der Waals surface area contributed by atoms with Crippen molar-refractivity contribution in [1.82, 2.24) is 10.3 Å². The first kappa shape index (κ1) is 24.8. The second kappa shape index (κ2) is 9.94. The Morgan fingerprint density at radius 1 is 1.09 bits per heavy atom. The predicted molar refractivity (Wildman–Crippen MR) is 131 cm³/mol. The lowest BCUT2D eigenvalue weighted by atomic mass is 10.1. The van der Waals surface area contributed by atoms with Crippen LogP contribution in [0, 0.1) is 10.1 Å². The van der Waals surface area contributed by atoms with Crippen LogP contribution in [0.4, 0.5) is 16.2 Å². The first-order chi connectivity index (χ1) is 15.9. The van der Waals surface area contributed by atoms with Gasteiger partial charge in [-0.1, -0.05) is 30.3 Å². The molecular weight excluding hydrogens is 436 g/mol. The lowest BCUT2D eigenvalue weighted by Crippen LogP contribution is -2.46. The summed E-state index contributed by atoms with van der Waals surface area (Å²) in [6.45, 7) is 9.56. The Labute approximate surface area is 198 Å². The van der Waals surface area contributed by atoms with E-state index >= 15 is 0 Å². The second-order valence-corrected chi connectivity index (χ2v) is 9.61. The molecule has 1 amide bonds. The number of nitro groups is 1. The number of anilines is 1. The molecule has 0 aliphatic heterocycles. The summed E-state index contributed by atoms with van der Waals surface area (Å²) in [6.07, 6.45) is 0.653. The van der Waals surface area contributed by atoms with E-state index in [2.05, 4.69) is 15.6 Å². The van der Waals surface area contributed by atoms with Gasteiger partial charge in [0.1, 0.15) is 29.8 Å². The third-order valence-corrected chi connectivity index (χ3v) is 4.80. The second-order valence-electron chi connectivity index (χ2n) is 9.61. The minimum atomic E-state index is -0.933. The number of carbonyl (C=O) groups excluding carboxylic acids is 1. The molecule has 34 heavy (non-hydrogen) atoms. The number of fused-ring (bicyclic) bond motifs is 1. The maximum atomic E-state index is 12.2. The zero-order valence-corrected chi connectivity index (χ0v) is 20.0. The number of ether oxygens (including phenoxy) is 2. The van der Waals surface area contributed by atoms with Crippen LogP contribution in [0.5, 0.6) is 5.75 Å². The van der Waals surface area contributed by atoms with Gasteiger partial charge in [0.05, 0.1) is 17.0 Å². The summed E-state index contributed by atoms with van der Waals surface area (Å²) in [7, 11) is 0. The Kier molecular flexibility index (Phi) is 7.24. The summed E-state index contributed by atoms with van der Waals surface area (Å²) in [6, 6.07) is 15.0. The molecule has 0 atom stereocenters. The third-order valence-electron chi connectivity index (χ3n) is 4.80. The molecule has 3 rings (SSSR count). The number of rotatable bonds is 8. The molecule has 9 nitrogen and oxygen atoms in total. The Bertz CT molecular complexity index is 1170. The van der Waals surface area contributed by atoms with Gasteiger partial charge in [-0.3, -0.25) is 10.1 Å². The molecular formula is C25H30N4O5. The molecule has 0 spiro atoms. The highest BCUT2D eigenvalue weighted by molar-refractivity contribution is 5.96. The largest absolute Gasteiger partial charge is 0.489 e. The number of aromatic nitrogens is 1. The minimum Gasteiger partial charge on any atom is -0.489 e. The molecule has 1 aromatic heterocycles. The highest BCUT2D eigenvalue weighted by atomic mass is 16.6. The quantitative estimate of drug-likeness (QED) is 0.335. The number of nitrogens with one attached hydrogen (secondary N) is 2. The maximum absolute atomic E-state index is 12.2. The van der Waals surface area contributed by atoms with Crippen LogP contribution >= 0.6 is 0 Å². The molecule has 0 radical (unpaired) electrons. The Hall–Kier alpha value is -3.88. The molecule has 0 bridgehead atoms. The van der Waals surface area contributed by atoms with E-state index in [1.54, 1.807) is 32.0 Å². The average molecular weight is 467 g/mol.